The number of amides is 1. The first-order chi connectivity index (χ1) is 13.0. The number of aryl methyl sites for hydroxylation is 1. The van der Waals surface area contributed by atoms with Crippen LogP contribution in [-0.4, -0.2) is 52.3 Å². The third kappa shape index (κ3) is 2.85. The second-order valence-corrected chi connectivity index (χ2v) is 6.62. The van der Waals surface area contributed by atoms with Gasteiger partial charge in [0.2, 0.25) is 0 Å². The number of hydrogen-bond donors (Lipinski definition) is 1. The summed E-state index contributed by atoms with van der Waals surface area (Å²) in [6.45, 7) is 5.10. The molecular formula is C20H20N2O5. The van der Waals surface area contributed by atoms with Gasteiger partial charge in [0.1, 0.15) is 19.3 Å². The Morgan fingerprint density at radius 2 is 1.85 bits per heavy atom. The molecule has 27 heavy (non-hydrogen) atoms. The van der Waals surface area contributed by atoms with Crippen LogP contribution in [0.1, 0.15) is 21.7 Å². The van der Waals surface area contributed by atoms with Gasteiger partial charge >= 0.3 is 5.97 Å². The second kappa shape index (κ2) is 6.50. The quantitative estimate of drug-likeness (QED) is 0.841. The van der Waals surface area contributed by atoms with Gasteiger partial charge in [-0.05, 0) is 32.0 Å². The first-order valence-corrected chi connectivity index (χ1v) is 8.77. The molecule has 0 fully saturated rings. The van der Waals surface area contributed by atoms with E-state index in [9.17, 15) is 14.7 Å². The Morgan fingerprint density at radius 1 is 1.11 bits per heavy atom. The van der Waals surface area contributed by atoms with Crippen LogP contribution in [0.5, 0.6) is 11.5 Å². The smallest absolute Gasteiger partial charge is 0.330 e. The molecule has 1 aromatic heterocycles. The van der Waals surface area contributed by atoms with Crippen LogP contribution in [0.3, 0.4) is 0 Å². The van der Waals surface area contributed by atoms with Gasteiger partial charge in [-0.1, -0.05) is 12.2 Å². The number of aliphatic carboxylic acids is 1. The summed E-state index contributed by atoms with van der Waals surface area (Å²) in [4.78, 5) is 25.7. The van der Waals surface area contributed by atoms with Crippen LogP contribution in [0.25, 0.3) is 5.69 Å². The van der Waals surface area contributed by atoms with Gasteiger partial charge in [-0.15, -0.1) is 0 Å². The Hall–Kier alpha value is -3.22. The molecular weight excluding hydrogens is 348 g/mol. The summed E-state index contributed by atoms with van der Waals surface area (Å²) in [5, 5.41) is 9.32. The molecule has 2 aliphatic rings. The molecule has 1 atom stereocenters. The van der Waals surface area contributed by atoms with Crippen molar-refractivity contribution < 1.29 is 24.2 Å². The third-order valence-electron chi connectivity index (χ3n) is 4.92. The largest absolute Gasteiger partial charge is 0.486 e. The van der Waals surface area contributed by atoms with Crippen molar-refractivity contribution >= 4 is 11.9 Å². The van der Waals surface area contributed by atoms with Crippen molar-refractivity contribution in [2.75, 3.05) is 19.8 Å². The summed E-state index contributed by atoms with van der Waals surface area (Å²) < 4.78 is 13.2. The second-order valence-electron chi connectivity index (χ2n) is 6.62. The number of hydrogen-bond acceptors (Lipinski definition) is 4. The minimum atomic E-state index is -1.03. The van der Waals surface area contributed by atoms with E-state index in [1.807, 2.05) is 36.6 Å². The van der Waals surface area contributed by atoms with E-state index in [1.165, 1.54) is 4.90 Å². The van der Waals surface area contributed by atoms with E-state index < -0.39 is 12.0 Å². The molecule has 1 aromatic carbocycles. The van der Waals surface area contributed by atoms with Gasteiger partial charge in [-0.25, -0.2) is 4.79 Å². The molecule has 1 amide bonds. The fourth-order valence-electron chi connectivity index (χ4n) is 3.65. The molecule has 0 bridgehead atoms. The predicted octanol–water partition coefficient (Wildman–Crippen LogP) is 2.33. The minimum absolute atomic E-state index is 0.288. The molecule has 0 saturated carbocycles. The van der Waals surface area contributed by atoms with Crippen LogP contribution in [0.2, 0.25) is 0 Å². The van der Waals surface area contributed by atoms with E-state index in [0.717, 1.165) is 17.1 Å². The van der Waals surface area contributed by atoms with Crippen molar-refractivity contribution in [2.45, 2.75) is 19.9 Å². The zero-order valence-electron chi connectivity index (χ0n) is 15.1. The topological polar surface area (TPSA) is 81.0 Å². The van der Waals surface area contributed by atoms with Crippen LogP contribution in [0, 0.1) is 13.8 Å². The van der Waals surface area contributed by atoms with Crippen LogP contribution in [0.15, 0.2) is 36.4 Å². The van der Waals surface area contributed by atoms with Gasteiger partial charge in [0.25, 0.3) is 5.91 Å². The Bertz CT molecular complexity index is 960. The molecule has 7 heteroatoms. The molecule has 0 saturated heterocycles. The summed E-state index contributed by atoms with van der Waals surface area (Å²) in [7, 11) is 0. The minimum Gasteiger partial charge on any atom is -0.486 e. The maximum absolute atomic E-state index is 13.0. The highest BCUT2D eigenvalue weighted by molar-refractivity contribution is 5.99. The van der Waals surface area contributed by atoms with Crippen LogP contribution < -0.4 is 9.47 Å². The van der Waals surface area contributed by atoms with Crippen LogP contribution in [-0.2, 0) is 4.79 Å². The summed E-state index contributed by atoms with van der Waals surface area (Å²) in [6.07, 6.45) is 3.25. The summed E-state index contributed by atoms with van der Waals surface area (Å²) in [5.74, 6) is 0.0621. The lowest BCUT2D eigenvalue weighted by atomic mass is 10.2. The predicted molar refractivity (Wildman–Crippen MR) is 97.8 cm³/mol. The fraction of sp³-hybridized carbons (Fsp3) is 0.300. The number of carboxylic acids is 1. The molecule has 7 nitrogen and oxygen atoms in total. The Kier molecular flexibility index (Phi) is 4.14. The molecule has 3 heterocycles. The average Bonchev–Trinajstić information content (AvgIpc) is 3.26. The number of carbonyl (C=O) groups excluding carboxylic acids is 1. The highest BCUT2D eigenvalue weighted by Gasteiger charge is 2.32. The Labute approximate surface area is 156 Å². The first kappa shape index (κ1) is 17.2. The van der Waals surface area contributed by atoms with E-state index in [0.29, 0.717) is 36.8 Å². The zero-order valence-corrected chi connectivity index (χ0v) is 15.1. The number of rotatable bonds is 3. The highest BCUT2D eigenvalue weighted by Crippen LogP contribution is 2.33. The number of benzene rings is 1. The third-order valence-corrected chi connectivity index (χ3v) is 4.92. The summed E-state index contributed by atoms with van der Waals surface area (Å²) in [5.41, 5.74) is 3.00. The monoisotopic (exact) mass is 368 g/mol. The molecule has 1 N–H and O–H groups in total. The lowest BCUT2D eigenvalue weighted by Crippen LogP contribution is -2.41. The SMILES string of the molecule is Cc1cc(C(=O)N2CC=CC2C(=O)O)c(C)n1-c1ccc2c(c1)OCCO2. The van der Waals surface area contributed by atoms with Crippen molar-refractivity contribution in [1.82, 2.24) is 9.47 Å². The summed E-state index contributed by atoms with van der Waals surface area (Å²) >= 11 is 0. The van der Waals surface area contributed by atoms with Crippen LogP contribution in [0.4, 0.5) is 0 Å². The molecule has 4 rings (SSSR count). The maximum atomic E-state index is 13.0. The van der Waals surface area contributed by atoms with E-state index >= 15 is 0 Å². The first-order valence-electron chi connectivity index (χ1n) is 8.77. The maximum Gasteiger partial charge on any atom is 0.330 e. The zero-order chi connectivity index (χ0) is 19.1. The van der Waals surface area contributed by atoms with E-state index in [2.05, 4.69) is 0 Å². The van der Waals surface area contributed by atoms with E-state index in [1.54, 1.807) is 18.2 Å². The van der Waals surface area contributed by atoms with Crippen molar-refractivity contribution in [3.63, 3.8) is 0 Å². The molecule has 0 radical (unpaired) electrons. The number of carbonyl (C=O) groups is 2. The lowest BCUT2D eigenvalue weighted by Gasteiger charge is -2.22. The van der Waals surface area contributed by atoms with Gasteiger partial charge in [-0.3, -0.25) is 4.79 Å². The molecule has 0 spiro atoms. The molecule has 2 aromatic rings. The Morgan fingerprint density at radius 3 is 2.59 bits per heavy atom. The molecule has 2 aliphatic heterocycles. The van der Waals surface area contributed by atoms with Crippen LogP contribution >= 0.6 is 0 Å². The van der Waals surface area contributed by atoms with Crippen molar-refractivity contribution in [2.24, 2.45) is 0 Å². The lowest BCUT2D eigenvalue weighted by molar-refractivity contribution is -0.140. The molecule has 1 unspecified atom stereocenters. The number of carboxylic acid groups (broad SMARTS) is 1. The van der Waals surface area contributed by atoms with Crippen molar-refractivity contribution in [1.29, 1.82) is 0 Å². The number of ether oxygens (including phenoxy) is 2. The highest BCUT2D eigenvalue weighted by atomic mass is 16.6. The van der Waals surface area contributed by atoms with Gasteiger partial charge in [0, 0.05) is 29.7 Å². The van der Waals surface area contributed by atoms with Gasteiger partial charge < -0.3 is 24.0 Å². The summed E-state index contributed by atoms with van der Waals surface area (Å²) in [6, 6.07) is 6.54. The number of aromatic nitrogens is 1. The van der Waals surface area contributed by atoms with E-state index in [4.69, 9.17) is 9.47 Å². The normalized spacial score (nSPS) is 18.0. The standard InChI is InChI=1S/C20H20N2O5/c1-12-10-15(19(23)21-7-3-4-16(21)20(24)25)13(2)22(12)14-5-6-17-18(11-14)27-9-8-26-17/h3-6,10-11,16H,7-9H2,1-2H3,(H,24,25). The van der Waals surface area contributed by atoms with Crippen molar-refractivity contribution in [3.8, 4) is 17.2 Å². The van der Waals surface area contributed by atoms with Gasteiger partial charge in [0.15, 0.2) is 11.5 Å². The molecule has 0 aliphatic carbocycles. The van der Waals surface area contributed by atoms with Gasteiger partial charge in [0.05, 0.1) is 5.56 Å². The average molecular weight is 368 g/mol. The fourth-order valence-corrected chi connectivity index (χ4v) is 3.65. The van der Waals surface area contributed by atoms with Crippen molar-refractivity contribution in [3.05, 3.63) is 53.4 Å². The number of fused-ring (bicyclic) bond motifs is 1. The number of nitrogens with zero attached hydrogens (tertiary/aromatic N) is 2. The van der Waals surface area contributed by atoms with E-state index in [-0.39, 0.29) is 5.91 Å². The molecule has 140 valence electrons. The Balaban J connectivity index is 1.70. The van der Waals surface area contributed by atoms with Gasteiger partial charge in [-0.2, -0.15) is 0 Å².